The van der Waals surface area contributed by atoms with Crippen molar-refractivity contribution in [1.82, 2.24) is 24.1 Å². The average Bonchev–Trinajstić information content (AvgIpc) is 3.44. The first-order valence-corrected chi connectivity index (χ1v) is 10.2. The molecule has 2 aliphatic rings. The van der Waals surface area contributed by atoms with Crippen molar-refractivity contribution in [2.75, 3.05) is 26.2 Å². The van der Waals surface area contributed by atoms with Gasteiger partial charge in [0.2, 0.25) is 0 Å². The van der Waals surface area contributed by atoms with Crippen LogP contribution in [-0.2, 0) is 19.8 Å². The van der Waals surface area contributed by atoms with Gasteiger partial charge >= 0.3 is 0 Å². The molecule has 1 saturated heterocycles. The molecule has 4 rings (SSSR count). The SMILES string of the molecule is CCn1c(C2CC2)nn(CN2CCN(Cc3ccccc3C)CC2)c1=S. The summed E-state index contributed by atoms with van der Waals surface area (Å²) in [6, 6.07) is 8.71. The standard InChI is InChI=1S/C20H29N5S/c1-3-24-19(17-8-9-17)21-25(20(24)26)15-23-12-10-22(11-13-23)14-18-7-5-4-6-16(18)2/h4-7,17H,3,8-15H2,1-2H3. The lowest BCUT2D eigenvalue weighted by Crippen LogP contribution is -2.46. The van der Waals surface area contributed by atoms with Crippen LogP contribution in [0.25, 0.3) is 0 Å². The Labute approximate surface area is 161 Å². The second-order valence-corrected chi connectivity index (χ2v) is 7.99. The highest BCUT2D eigenvalue weighted by atomic mass is 32.1. The molecule has 1 aromatic heterocycles. The number of hydrogen-bond donors (Lipinski definition) is 0. The van der Waals surface area contributed by atoms with E-state index in [1.165, 1.54) is 29.8 Å². The number of rotatable bonds is 6. The van der Waals surface area contributed by atoms with Gasteiger partial charge in [-0.1, -0.05) is 24.3 Å². The Hall–Kier alpha value is -1.50. The largest absolute Gasteiger partial charge is 0.304 e. The van der Waals surface area contributed by atoms with Crippen LogP contribution in [-0.4, -0.2) is 50.3 Å². The van der Waals surface area contributed by atoms with Crippen LogP contribution in [0.15, 0.2) is 24.3 Å². The van der Waals surface area contributed by atoms with E-state index in [4.69, 9.17) is 17.3 Å². The first-order chi connectivity index (χ1) is 12.7. The molecule has 0 unspecified atom stereocenters. The highest BCUT2D eigenvalue weighted by molar-refractivity contribution is 7.71. The van der Waals surface area contributed by atoms with Crippen LogP contribution in [0.3, 0.4) is 0 Å². The molecule has 5 nitrogen and oxygen atoms in total. The third-order valence-electron chi connectivity index (χ3n) is 5.66. The van der Waals surface area contributed by atoms with Crippen molar-refractivity contribution in [2.45, 2.75) is 52.4 Å². The molecule has 1 saturated carbocycles. The van der Waals surface area contributed by atoms with Gasteiger partial charge in [0.05, 0.1) is 6.67 Å². The molecule has 2 fully saturated rings. The summed E-state index contributed by atoms with van der Waals surface area (Å²) >= 11 is 5.68. The van der Waals surface area contributed by atoms with Crippen molar-refractivity contribution in [3.8, 4) is 0 Å². The first-order valence-electron chi connectivity index (χ1n) is 9.82. The Kier molecular flexibility index (Phi) is 5.25. The van der Waals surface area contributed by atoms with E-state index in [1.807, 2.05) is 4.68 Å². The van der Waals surface area contributed by atoms with Gasteiger partial charge in [0, 0.05) is 45.2 Å². The van der Waals surface area contributed by atoms with E-state index in [9.17, 15) is 0 Å². The minimum absolute atomic E-state index is 0.642. The molecule has 0 bridgehead atoms. The third-order valence-corrected chi connectivity index (χ3v) is 6.10. The summed E-state index contributed by atoms with van der Waals surface area (Å²) in [4.78, 5) is 5.03. The smallest absolute Gasteiger partial charge is 0.199 e. The van der Waals surface area contributed by atoms with Crippen LogP contribution in [0, 0.1) is 11.7 Å². The van der Waals surface area contributed by atoms with Crippen LogP contribution in [0.2, 0.25) is 0 Å². The van der Waals surface area contributed by atoms with Crippen molar-refractivity contribution in [1.29, 1.82) is 0 Å². The zero-order valence-corrected chi connectivity index (χ0v) is 16.7. The van der Waals surface area contributed by atoms with E-state index in [-0.39, 0.29) is 0 Å². The summed E-state index contributed by atoms with van der Waals surface area (Å²) in [5, 5.41) is 4.86. The topological polar surface area (TPSA) is 29.2 Å². The summed E-state index contributed by atoms with van der Waals surface area (Å²) in [6.45, 7) is 11.5. The highest BCUT2D eigenvalue weighted by Crippen LogP contribution is 2.39. The summed E-state index contributed by atoms with van der Waals surface area (Å²) in [7, 11) is 0. The lowest BCUT2D eigenvalue weighted by molar-refractivity contribution is 0.0978. The maximum absolute atomic E-state index is 5.68. The predicted octanol–water partition coefficient (Wildman–Crippen LogP) is 3.40. The predicted molar refractivity (Wildman–Crippen MR) is 107 cm³/mol. The summed E-state index contributed by atoms with van der Waals surface area (Å²) < 4.78 is 5.15. The molecule has 26 heavy (non-hydrogen) atoms. The molecule has 1 aliphatic carbocycles. The van der Waals surface area contributed by atoms with Gasteiger partial charge < -0.3 is 4.57 Å². The van der Waals surface area contributed by atoms with Gasteiger partial charge in [0.25, 0.3) is 0 Å². The van der Waals surface area contributed by atoms with Crippen LogP contribution >= 0.6 is 12.2 Å². The van der Waals surface area contributed by atoms with E-state index in [1.54, 1.807) is 0 Å². The van der Waals surface area contributed by atoms with Crippen LogP contribution < -0.4 is 0 Å². The van der Waals surface area contributed by atoms with Crippen molar-refractivity contribution in [3.63, 3.8) is 0 Å². The van der Waals surface area contributed by atoms with Gasteiger partial charge in [-0.25, -0.2) is 4.68 Å². The van der Waals surface area contributed by atoms with E-state index in [0.717, 1.165) is 50.7 Å². The monoisotopic (exact) mass is 371 g/mol. The molecule has 0 amide bonds. The Bertz CT molecular complexity index is 812. The molecule has 0 N–H and O–H groups in total. The minimum Gasteiger partial charge on any atom is -0.304 e. The molecule has 6 heteroatoms. The maximum atomic E-state index is 5.68. The summed E-state index contributed by atoms with van der Waals surface area (Å²) in [6.07, 6.45) is 2.53. The summed E-state index contributed by atoms with van der Waals surface area (Å²) in [5.41, 5.74) is 2.83. The van der Waals surface area contributed by atoms with Gasteiger partial charge in [-0.15, -0.1) is 0 Å². The average molecular weight is 372 g/mol. The minimum atomic E-state index is 0.642. The molecule has 140 valence electrons. The molecule has 2 aromatic rings. The van der Waals surface area contributed by atoms with Crippen LogP contribution in [0.5, 0.6) is 0 Å². The molecule has 0 atom stereocenters. The fraction of sp³-hybridized carbons (Fsp3) is 0.600. The second kappa shape index (κ2) is 7.62. The first kappa shape index (κ1) is 17.9. The third kappa shape index (κ3) is 3.77. The van der Waals surface area contributed by atoms with E-state index < -0.39 is 0 Å². The Morgan fingerprint density at radius 2 is 1.77 bits per heavy atom. The van der Waals surface area contributed by atoms with E-state index in [2.05, 4.69) is 52.5 Å². The Balaban J connectivity index is 1.36. The summed E-state index contributed by atoms with van der Waals surface area (Å²) in [5.74, 6) is 1.85. The number of benzene rings is 1. The molecule has 0 radical (unpaired) electrons. The second-order valence-electron chi connectivity index (χ2n) is 7.62. The lowest BCUT2D eigenvalue weighted by Gasteiger charge is -2.34. The molecular weight excluding hydrogens is 342 g/mol. The van der Waals surface area contributed by atoms with Gasteiger partial charge in [0.1, 0.15) is 5.82 Å². The fourth-order valence-electron chi connectivity index (χ4n) is 3.80. The number of hydrogen-bond acceptors (Lipinski definition) is 4. The number of aromatic nitrogens is 3. The van der Waals surface area contributed by atoms with Crippen molar-refractivity contribution < 1.29 is 0 Å². The maximum Gasteiger partial charge on any atom is 0.199 e. The normalized spacial score (nSPS) is 19.2. The molecule has 0 spiro atoms. The van der Waals surface area contributed by atoms with Gasteiger partial charge in [-0.3, -0.25) is 9.80 Å². The quantitative estimate of drug-likeness (QED) is 0.728. The number of nitrogens with zero attached hydrogens (tertiary/aromatic N) is 5. The van der Waals surface area contributed by atoms with Gasteiger partial charge in [-0.05, 0) is 50.0 Å². The number of aryl methyl sites for hydroxylation is 1. The van der Waals surface area contributed by atoms with E-state index in [0.29, 0.717) is 5.92 Å². The van der Waals surface area contributed by atoms with Crippen molar-refractivity contribution >= 4 is 12.2 Å². The Morgan fingerprint density at radius 3 is 2.42 bits per heavy atom. The lowest BCUT2D eigenvalue weighted by atomic mass is 10.1. The van der Waals surface area contributed by atoms with Crippen molar-refractivity contribution in [3.05, 3.63) is 46.0 Å². The van der Waals surface area contributed by atoms with Crippen molar-refractivity contribution in [2.24, 2.45) is 0 Å². The van der Waals surface area contributed by atoms with E-state index >= 15 is 0 Å². The van der Waals surface area contributed by atoms with Gasteiger partial charge in [0.15, 0.2) is 4.77 Å². The molecular formula is C20H29N5S. The zero-order valence-electron chi connectivity index (χ0n) is 15.9. The Morgan fingerprint density at radius 1 is 1.08 bits per heavy atom. The van der Waals surface area contributed by atoms with Crippen LogP contribution in [0.4, 0.5) is 0 Å². The molecule has 1 aromatic carbocycles. The molecule has 1 aliphatic heterocycles. The number of piperazine rings is 1. The molecule has 2 heterocycles. The highest BCUT2D eigenvalue weighted by Gasteiger charge is 2.30. The fourth-order valence-corrected chi connectivity index (χ4v) is 4.12. The van der Waals surface area contributed by atoms with Crippen LogP contribution in [0.1, 0.15) is 42.6 Å². The zero-order chi connectivity index (χ0) is 18.1. The van der Waals surface area contributed by atoms with Gasteiger partial charge in [-0.2, -0.15) is 5.10 Å².